The van der Waals surface area contributed by atoms with Crippen LogP contribution < -0.4 is 16.4 Å². The molecule has 1 saturated carbocycles. The third kappa shape index (κ3) is 3.61. The van der Waals surface area contributed by atoms with Crippen molar-refractivity contribution in [3.8, 4) is 0 Å². The summed E-state index contributed by atoms with van der Waals surface area (Å²) in [7, 11) is 0. The summed E-state index contributed by atoms with van der Waals surface area (Å²) < 4.78 is 0. The van der Waals surface area contributed by atoms with E-state index in [-0.39, 0.29) is 6.04 Å². The Morgan fingerprint density at radius 3 is 2.33 bits per heavy atom. The normalized spacial score (nSPS) is 23.4. The number of nitrogens with one attached hydrogen (secondary N) is 2. The summed E-state index contributed by atoms with van der Waals surface area (Å²) in [5.74, 6) is -1.87. The highest BCUT2D eigenvalue weighted by molar-refractivity contribution is 5.89. The van der Waals surface area contributed by atoms with E-state index in [1.54, 1.807) is 0 Å². The Balaban J connectivity index is 2.43. The first-order valence-corrected chi connectivity index (χ1v) is 5.83. The van der Waals surface area contributed by atoms with Gasteiger partial charge in [0.2, 0.25) is 5.91 Å². The molecule has 7 nitrogen and oxygen atoms in total. The lowest BCUT2D eigenvalue weighted by Gasteiger charge is -2.23. The molecular weight excluding hydrogens is 238 g/mol. The van der Waals surface area contributed by atoms with Gasteiger partial charge in [-0.15, -0.1) is 0 Å². The largest absolute Gasteiger partial charge is 0.481 e. The van der Waals surface area contributed by atoms with Crippen LogP contribution in [0.3, 0.4) is 0 Å². The van der Waals surface area contributed by atoms with Crippen LogP contribution in [0.1, 0.15) is 33.1 Å². The van der Waals surface area contributed by atoms with Crippen LogP contribution in [0.4, 0.5) is 4.79 Å². The molecule has 0 radical (unpaired) electrons. The maximum Gasteiger partial charge on any atom is 0.315 e. The first-order valence-electron chi connectivity index (χ1n) is 5.83. The number of amides is 3. The number of hydrogen-bond donors (Lipinski definition) is 4. The van der Waals surface area contributed by atoms with Gasteiger partial charge in [0.05, 0.1) is 5.92 Å². The summed E-state index contributed by atoms with van der Waals surface area (Å²) in [6.45, 7) is 3.01. The highest BCUT2D eigenvalue weighted by Gasteiger charge is 2.32. The third-order valence-electron chi connectivity index (χ3n) is 3.16. The van der Waals surface area contributed by atoms with Crippen LogP contribution >= 0.6 is 0 Å². The summed E-state index contributed by atoms with van der Waals surface area (Å²) in [4.78, 5) is 33.4. The van der Waals surface area contributed by atoms with Crippen molar-refractivity contribution >= 4 is 17.9 Å². The molecule has 0 aromatic rings. The summed E-state index contributed by atoms with van der Waals surface area (Å²) in [5, 5.41) is 13.9. The molecule has 1 aliphatic carbocycles. The van der Waals surface area contributed by atoms with E-state index in [1.807, 2.05) is 0 Å². The van der Waals surface area contributed by atoms with Crippen molar-refractivity contribution in [3.63, 3.8) is 0 Å². The number of hydrogen-bond acceptors (Lipinski definition) is 3. The standard InChI is InChI=1S/C11H19N3O4/c1-11(2,9(12)17)14-10(18)13-7-4-3-6(5-7)8(15)16/h6-7H,3-5H2,1-2H3,(H2,12,17)(H,15,16)(H2,13,14,18). The molecule has 1 aliphatic rings. The van der Waals surface area contributed by atoms with Crippen molar-refractivity contribution in [1.29, 1.82) is 0 Å². The molecule has 0 aliphatic heterocycles. The Bertz CT molecular complexity index is 367. The van der Waals surface area contributed by atoms with Crippen molar-refractivity contribution in [2.24, 2.45) is 11.7 Å². The molecular formula is C11H19N3O4. The van der Waals surface area contributed by atoms with E-state index in [1.165, 1.54) is 13.8 Å². The number of urea groups is 1. The van der Waals surface area contributed by atoms with E-state index in [0.29, 0.717) is 19.3 Å². The van der Waals surface area contributed by atoms with E-state index in [9.17, 15) is 14.4 Å². The maximum absolute atomic E-state index is 11.6. The number of primary amides is 1. The SMILES string of the molecule is CC(C)(NC(=O)NC1CCC(C(=O)O)C1)C(N)=O. The Hall–Kier alpha value is -1.79. The molecule has 2 atom stereocenters. The van der Waals surface area contributed by atoms with Gasteiger partial charge in [-0.2, -0.15) is 0 Å². The number of nitrogens with two attached hydrogens (primary N) is 1. The predicted octanol–water partition coefficient (Wildman–Crippen LogP) is -0.197. The van der Waals surface area contributed by atoms with Crippen molar-refractivity contribution < 1.29 is 19.5 Å². The fraction of sp³-hybridized carbons (Fsp3) is 0.727. The molecule has 0 spiro atoms. The van der Waals surface area contributed by atoms with Crippen LogP contribution in [0.5, 0.6) is 0 Å². The van der Waals surface area contributed by atoms with Crippen LogP contribution in [0, 0.1) is 5.92 Å². The van der Waals surface area contributed by atoms with Crippen LogP contribution in [0.2, 0.25) is 0 Å². The lowest BCUT2D eigenvalue weighted by Crippen LogP contribution is -2.56. The molecule has 18 heavy (non-hydrogen) atoms. The minimum Gasteiger partial charge on any atom is -0.481 e. The van der Waals surface area contributed by atoms with Crippen LogP contribution in [-0.4, -0.2) is 34.6 Å². The van der Waals surface area contributed by atoms with E-state index >= 15 is 0 Å². The maximum atomic E-state index is 11.6. The second kappa shape index (κ2) is 5.24. The van der Waals surface area contributed by atoms with E-state index in [0.717, 1.165) is 0 Å². The van der Waals surface area contributed by atoms with Gasteiger partial charge in [0.15, 0.2) is 0 Å². The molecule has 7 heteroatoms. The first kappa shape index (κ1) is 14.3. The van der Waals surface area contributed by atoms with E-state index in [4.69, 9.17) is 10.8 Å². The highest BCUT2D eigenvalue weighted by atomic mass is 16.4. The summed E-state index contributed by atoms with van der Waals surface area (Å²) in [6, 6.07) is -0.676. The van der Waals surface area contributed by atoms with Gasteiger partial charge >= 0.3 is 12.0 Å². The Morgan fingerprint density at radius 1 is 1.28 bits per heavy atom. The summed E-state index contributed by atoms with van der Waals surface area (Å²) in [5.41, 5.74) is 4.00. The summed E-state index contributed by atoms with van der Waals surface area (Å²) in [6.07, 6.45) is 1.60. The lowest BCUT2D eigenvalue weighted by atomic mass is 10.1. The second-order valence-electron chi connectivity index (χ2n) is 5.13. The van der Waals surface area contributed by atoms with Crippen molar-refractivity contribution in [1.82, 2.24) is 10.6 Å². The zero-order valence-electron chi connectivity index (χ0n) is 10.5. The fourth-order valence-corrected chi connectivity index (χ4v) is 1.90. The van der Waals surface area contributed by atoms with Gasteiger partial charge in [-0.05, 0) is 33.1 Å². The molecule has 1 rings (SSSR count). The van der Waals surface area contributed by atoms with Gasteiger partial charge in [0.25, 0.3) is 0 Å². The van der Waals surface area contributed by atoms with Crippen LogP contribution in [0.25, 0.3) is 0 Å². The first-order chi connectivity index (χ1) is 8.22. The second-order valence-corrected chi connectivity index (χ2v) is 5.13. The van der Waals surface area contributed by atoms with Crippen LogP contribution in [-0.2, 0) is 9.59 Å². The van der Waals surface area contributed by atoms with Gasteiger partial charge in [0.1, 0.15) is 5.54 Å². The lowest BCUT2D eigenvalue weighted by molar-refractivity contribution is -0.141. The number of carbonyl (C=O) groups is 3. The number of rotatable bonds is 4. The van der Waals surface area contributed by atoms with Crippen molar-refractivity contribution in [2.75, 3.05) is 0 Å². The molecule has 0 heterocycles. The topological polar surface area (TPSA) is 122 Å². The quantitative estimate of drug-likeness (QED) is 0.557. The molecule has 0 aromatic carbocycles. The zero-order valence-corrected chi connectivity index (χ0v) is 10.5. The smallest absolute Gasteiger partial charge is 0.315 e. The number of carbonyl (C=O) groups excluding carboxylic acids is 2. The molecule has 0 aromatic heterocycles. The van der Waals surface area contributed by atoms with Gasteiger partial charge < -0.3 is 21.5 Å². The number of carboxylic acid groups (broad SMARTS) is 1. The molecule has 2 unspecified atom stereocenters. The van der Waals surface area contributed by atoms with Gasteiger partial charge in [0, 0.05) is 6.04 Å². The molecule has 102 valence electrons. The average Bonchev–Trinajstić information content (AvgIpc) is 2.64. The third-order valence-corrected chi connectivity index (χ3v) is 3.16. The highest BCUT2D eigenvalue weighted by Crippen LogP contribution is 2.25. The van der Waals surface area contributed by atoms with Crippen molar-refractivity contribution in [2.45, 2.75) is 44.7 Å². The Morgan fingerprint density at radius 2 is 1.89 bits per heavy atom. The minimum absolute atomic E-state index is 0.172. The Labute approximate surface area is 105 Å². The molecule has 5 N–H and O–H groups in total. The predicted molar refractivity (Wildman–Crippen MR) is 63.7 cm³/mol. The minimum atomic E-state index is -1.13. The monoisotopic (exact) mass is 257 g/mol. The van der Waals surface area contributed by atoms with Gasteiger partial charge in [-0.1, -0.05) is 0 Å². The van der Waals surface area contributed by atoms with E-state index < -0.39 is 29.4 Å². The Kier molecular flexibility index (Phi) is 4.15. The van der Waals surface area contributed by atoms with Gasteiger partial charge in [-0.3, -0.25) is 9.59 Å². The number of carboxylic acids is 1. The molecule has 1 fully saturated rings. The van der Waals surface area contributed by atoms with Crippen molar-refractivity contribution in [3.05, 3.63) is 0 Å². The molecule has 3 amide bonds. The fourth-order valence-electron chi connectivity index (χ4n) is 1.90. The summed E-state index contributed by atoms with van der Waals surface area (Å²) >= 11 is 0. The van der Waals surface area contributed by atoms with Gasteiger partial charge in [-0.25, -0.2) is 4.79 Å². The molecule has 0 bridgehead atoms. The zero-order chi connectivity index (χ0) is 13.9. The van der Waals surface area contributed by atoms with E-state index in [2.05, 4.69) is 10.6 Å². The van der Waals surface area contributed by atoms with Crippen LogP contribution in [0.15, 0.2) is 0 Å². The average molecular weight is 257 g/mol. The molecule has 0 saturated heterocycles. The number of aliphatic carboxylic acids is 1.